The minimum absolute atomic E-state index is 0.0543. The first-order valence-electron chi connectivity index (χ1n) is 9.82. The summed E-state index contributed by atoms with van der Waals surface area (Å²) in [4.78, 5) is 36.1. The number of carbonyl (C=O) groups is 2. The molecule has 10 nitrogen and oxygen atoms in total. The molecular weight excluding hydrogens is 464 g/mol. The lowest BCUT2D eigenvalue weighted by molar-refractivity contribution is -0.121. The Morgan fingerprint density at radius 2 is 2.09 bits per heavy atom. The summed E-state index contributed by atoms with van der Waals surface area (Å²) in [6.07, 6.45) is 1.24. The van der Waals surface area contributed by atoms with Crippen molar-refractivity contribution >= 4 is 29.7 Å². The molecule has 2 aromatic heterocycles. The number of carbonyl (C=O) groups excluding carboxylic acids is 1. The van der Waals surface area contributed by atoms with Gasteiger partial charge in [-0.1, -0.05) is 11.6 Å². The van der Waals surface area contributed by atoms with Crippen molar-refractivity contribution in [1.29, 1.82) is 5.26 Å². The van der Waals surface area contributed by atoms with Crippen LogP contribution in [0.15, 0.2) is 50.7 Å². The molecule has 0 aliphatic heterocycles. The number of aryl methyl sites for hydroxylation is 1. The molecule has 1 aromatic carbocycles. The molecule has 0 radical (unpaired) electrons. The highest BCUT2D eigenvalue weighted by Crippen LogP contribution is 2.30. The van der Waals surface area contributed by atoms with Gasteiger partial charge in [0, 0.05) is 23.9 Å². The van der Waals surface area contributed by atoms with Gasteiger partial charge in [0.15, 0.2) is 0 Å². The second-order valence-electron chi connectivity index (χ2n) is 7.12. The first kappa shape index (κ1) is 24.4. The average molecular weight is 483 g/mol. The number of carboxylic acids is 1. The number of amides is 1. The SMILES string of the molecule is COCc1cc(C)n(CC(=O)N/N=C/c2ccc(-c3cc(C(=O)O)ccc3Cl)o2)c(=O)c1C#N. The molecule has 3 rings (SSSR count). The minimum atomic E-state index is -1.10. The van der Waals surface area contributed by atoms with Crippen LogP contribution in [0, 0.1) is 18.3 Å². The number of benzene rings is 1. The number of pyridine rings is 1. The smallest absolute Gasteiger partial charge is 0.335 e. The molecule has 11 heteroatoms. The minimum Gasteiger partial charge on any atom is -0.478 e. The fourth-order valence-corrected chi connectivity index (χ4v) is 3.39. The molecule has 0 bridgehead atoms. The van der Waals surface area contributed by atoms with E-state index < -0.39 is 17.4 Å². The Labute approximate surface area is 198 Å². The van der Waals surface area contributed by atoms with Crippen molar-refractivity contribution in [2.75, 3.05) is 7.11 Å². The molecule has 3 aromatic rings. The fraction of sp³-hybridized carbons (Fsp3) is 0.174. The molecule has 0 fully saturated rings. The predicted octanol–water partition coefficient (Wildman–Crippen LogP) is 2.94. The summed E-state index contributed by atoms with van der Waals surface area (Å²) < 4.78 is 11.8. The Kier molecular flexibility index (Phi) is 7.63. The van der Waals surface area contributed by atoms with Gasteiger partial charge in [0.05, 0.1) is 23.4 Å². The lowest BCUT2D eigenvalue weighted by atomic mass is 10.1. The van der Waals surface area contributed by atoms with Gasteiger partial charge in [0.1, 0.15) is 29.7 Å². The van der Waals surface area contributed by atoms with Crippen LogP contribution in [-0.2, 0) is 22.7 Å². The molecule has 1 amide bonds. The molecule has 0 saturated carbocycles. The van der Waals surface area contributed by atoms with Gasteiger partial charge in [-0.25, -0.2) is 10.2 Å². The Balaban J connectivity index is 1.71. The van der Waals surface area contributed by atoms with E-state index in [1.807, 2.05) is 6.07 Å². The number of rotatable bonds is 8. The maximum absolute atomic E-state index is 12.6. The van der Waals surface area contributed by atoms with E-state index in [1.165, 1.54) is 36.1 Å². The number of hydrogen-bond acceptors (Lipinski definition) is 7. The number of carboxylic acid groups (broad SMARTS) is 1. The van der Waals surface area contributed by atoms with Gasteiger partial charge < -0.3 is 18.8 Å². The molecule has 34 heavy (non-hydrogen) atoms. The van der Waals surface area contributed by atoms with Crippen LogP contribution >= 0.6 is 11.6 Å². The van der Waals surface area contributed by atoms with Crippen molar-refractivity contribution in [3.8, 4) is 17.4 Å². The zero-order valence-corrected chi connectivity index (χ0v) is 18.9. The molecule has 0 aliphatic rings. The maximum atomic E-state index is 12.6. The average Bonchev–Trinajstić information content (AvgIpc) is 3.26. The van der Waals surface area contributed by atoms with E-state index in [9.17, 15) is 19.6 Å². The number of nitriles is 1. The van der Waals surface area contributed by atoms with Crippen molar-refractivity contribution in [3.63, 3.8) is 0 Å². The third kappa shape index (κ3) is 5.40. The van der Waals surface area contributed by atoms with Crippen LogP contribution in [0.1, 0.15) is 32.9 Å². The van der Waals surface area contributed by atoms with Crippen molar-refractivity contribution in [2.24, 2.45) is 5.10 Å². The van der Waals surface area contributed by atoms with E-state index in [1.54, 1.807) is 25.1 Å². The number of nitrogens with zero attached hydrogens (tertiary/aromatic N) is 3. The van der Waals surface area contributed by atoms with Crippen LogP contribution < -0.4 is 11.0 Å². The Bertz CT molecular complexity index is 1380. The Morgan fingerprint density at radius 3 is 2.76 bits per heavy atom. The largest absolute Gasteiger partial charge is 0.478 e. The van der Waals surface area contributed by atoms with Gasteiger partial charge >= 0.3 is 5.97 Å². The van der Waals surface area contributed by atoms with Crippen LogP contribution in [0.4, 0.5) is 0 Å². The summed E-state index contributed by atoms with van der Waals surface area (Å²) in [5, 5.41) is 22.6. The highest BCUT2D eigenvalue weighted by Gasteiger charge is 2.15. The first-order chi connectivity index (χ1) is 16.2. The summed E-state index contributed by atoms with van der Waals surface area (Å²) in [5.74, 6) is -1.09. The number of halogens is 1. The van der Waals surface area contributed by atoms with Gasteiger partial charge in [-0.2, -0.15) is 10.4 Å². The summed E-state index contributed by atoms with van der Waals surface area (Å²) in [6, 6.07) is 10.9. The highest BCUT2D eigenvalue weighted by atomic mass is 35.5. The number of furan rings is 1. The van der Waals surface area contributed by atoms with Gasteiger partial charge in [0.25, 0.3) is 11.5 Å². The number of aromatic nitrogens is 1. The summed E-state index contributed by atoms with van der Waals surface area (Å²) >= 11 is 6.14. The van der Waals surface area contributed by atoms with Gasteiger partial charge in [-0.05, 0) is 43.3 Å². The summed E-state index contributed by atoms with van der Waals surface area (Å²) in [5.41, 5.74) is 3.01. The molecule has 0 spiro atoms. The zero-order chi connectivity index (χ0) is 24.8. The normalized spacial score (nSPS) is 10.9. The van der Waals surface area contributed by atoms with Gasteiger partial charge in [-0.3, -0.25) is 9.59 Å². The molecule has 0 aliphatic carbocycles. The second-order valence-corrected chi connectivity index (χ2v) is 7.52. The lowest BCUT2D eigenvalue weighted by Crippen LogP contribution is -2.33. The summed E-state index contributed by atoms with van der Waals surface area (Å²) in [7, 11) is 1.46. The first-order valence-corrected chi connectivity index (χ1v) is 10.2. The number of hydrazone groups is 1. The van der Waals surface area contributed by atoms with Crippen LogP contribution in [0.25, 0.3) is 11.3 Å². The van der Waals surface area contributed by atoms with E-state index in [0.29, 0.717) is 27.6 Å². The molecule has 174 valence electrons. The third-order valence-electron chi connectivity index (χ3n) is 4.79. The van der Waals surface area contributed by atoms with Crippen LogP contribution in [0.2, 0.25) is 5.02 Å². The van der Waals surface area contributed by atoms with Crippen LogP contribution in [-0.4, -0.2) is 34.9 Å². The molecular formula is C23H19ClN4O6. The molecule has 2 N–H and O–H groups in total. The predicted molar refractivity (Wildman–Crippen MR) is 123 cm³/mol. The lowest BCUT2D eigenvalue weighted by Gasteiger charge is -2.12. The van der Waals surface area contributed by atoms with E-state index in [0.717, 1.165) is 0 Å². The van der Waals surface area contributed by atoms with Gasteiger partial charge in [-0.15, -0.1) is 0 Å². The van der Waals surface area contributed by atoms with Crippen molar-refractivity contribution in [1.82, 2.24) is 9.99 Å². The topological polar surface area (TPSA) is 147 Å². The summed E-state index contributed by atoms with van der Waals surface area (Å²) in [6.45, 7) is 1.41. The van der Waals surface area contributed by atoms with Crippen LogP contribution in [0.3, 0.4) is 0 Å². The third-order valence-corrected chi connectivity index (χ3v) is 5.12. The Hall–Kier alpha value is -4.20. The second kappa shape index (κ2) is 10.6. The quantitative estimate of drug-likeness (QED) is 0.370. The van der Waals surface area contributed by atoms with E-state index in [-0.39, 0.29) is 30.0 Å². The maximum Gasteiger partial charge on any atom is 0.335 e. The van der Waals surface area contributed by atoms with Crippen molar-refractivity contribution in [2.45, 2.75) is 20.1 Å². The number of nitrogens with one attached hydrogen (secondary N) is 1. The van der Waals surface area contributed by atoms with E-state index in [2.05, 4.69) is 10.5 Å². The van der Waals surface area contributed by atoms with E-state index >= 15 is 0 Å². The fourth-order valence-electron chi connectivity index (χ4n) is 3.18. The number of ether oxygens (including phenoxy) is 1. The molecule has 0 saturated heterocycles. The highest BCUT2D eigenvalue weighted by molar-refractivity contribution is 6.33. The van der Waals surface area contributed by atoms with Crippen LogP contribution in [0.5, 0.6) is 0 Å². The number of methoxy groups -OCH3 is 1. The number of hydrogen-bond donors (Lipinski definition) is 2. The Morgan fingerprint density at radius 1 is 1.32 bits per heavy atom. The number of aromatic carboxylic acids is 1. The standard InChI is InChI=1S/C23H19ClN4O6/c1-13-7-15(12-33-2)18(9-25)22(30)28(13)11-21(29)27-26-10-16-4-6-20(34-16)17-8-14(23(31)32)3-5-19(17)24/h3-8,10H,11-12H2,1-2H3,(H,27,29)(H,31,32)/b26-10+. The van der Waals surface area contributed by atoms with Crippen molar-refractivity contribution < 1.29 is 23.8 Å². The van der Waals surface area contributed by atoms with E-state index in [4.69, 9.17) is 25.9 Å². The van der Waals surface area contributed by atoms with Gasteiger partial charge in [0.2, 0.25) is 0 Å². The monoisotopic (exact) mass is 482 g/mol. The van der Waals surface area contributed by atoms with Crippen molar-refractivity contribution in [3.05, 3.63) is 79.9 Å². The molecule has 0 atom stereocenters. The molecule has 2 heterocycles. The molecule has 0 unspecified atom stereocenters. The zero-order valence-electron chi connectivity index (χ0n) is 18.2.